The molecule has 2 aromatic carbocycles. The van der Waals surface area contributed by atoms with Crippen LogP contribution in [0, 0.1) is 0 Å². The first-order valence-corrected chi connectivity index (χ1v) is 8.99. The highest BCUT2D eigenvalue weighted by molar-refractivity contribution is 5.94. The molecule has 138 valence electrons. The van der Waals surface area contributed by atoms with Crippen LogP contribution in [0.3, 0.4) is 0 Å². The molecule has 1 fully saturated rings. The van der Waals surface area contributed by atoms with E-state index >= 15 is 0 Å². The Balaban J connectivity index is 1.52. The second-order valence-electron chi connectivity index (χ2n) is 6.71. The summed E-state index contributed by atoms with van der Waals surface area (Å²) < 4.78 is 0. The van der Waals surface area contributed by atoms with Crippen LogP contribution in [-0.2, 0) is 6.54 Å². The lowest BCUT2D eigenvalue weighted by atomic mass is 10.1. The number of nitrogens with one attached hydrogen (secondary N) is 2. The van der Waals surface area contributed by atoms with Crippen molar-refractivity contribution in [2.45, 2.75) is 25.4 Å². The van der Waals surface area contributed by atoms with Gasteiger partial charge in [0.2, 0.25) is 0 Å². The van der Waals surface area contributed by atoms with Gasteiger partial charge in [-0.25, -0.2) is 9.78 Å². The van der Waals surface area contributed by atoms with E-state index in [1.807, 2.05) is 41.3 Å². The van der Waals surface area contributed by atoms with Gasteiger partial charge in [0, 0.05) is 18.7 Å². The van der Waals surface area contributed by atoms with E-state index in [1.54, 1.807) is 12.1 Å². The Labute approximate surface area is 156 Å². The summed E-state index contributed by atoms with van der Waals surface area (Å²) in [6, 6.07) is 14.5. The molecule has 1 atom stereocenters. The lowest BCUT2D eigenvalue weighted by molar-refractivity contribution is 0.0730. The molecule has 1 aliphatic heterocycles. The Bertz CT molecular complexity index is 946. The number of likely N-dealkylation sites (tertiary alicyclic amines) is 1. The zero-order chi connectivity index (χ0) is 18.8. The number of hydrogen-bond acceptors (Lipinski definition) is 3. The fourth-order valence-corrected chi connectivity index (χ4v) is 3.54. The third kappa shape index (κ3) is 3.48. The number of nitrogens with two attached hydrogens (primary N) is 1. The molecule has 0 aliphatic carbocycles. The molecule has 1 aromatic heterocycles. The molecular weight excluding hydrogens is 342 g/mol. The van der Waals surface area contributed by atoms with E-state index in [4.69, 9.17) is 5.73 Å². The molecule has 27 heavy (non-hydrogen) atoms. The van der Waals surface area contributed by atoms with Gasteiger partial charge in [0.25, 0.3) is 5.91 Å². The second-order valence-corrected chi connectivity index (χ2v) is 6.71. The maximum Gasteiger partial charge on any atom is 0.312 e. The van der Waals surface area contributed by atoms with Gasteiger partial charge in [0.05, 0.1) is 17.1 Å². The highest BCUT2D eigenvalue weighted by Gasteiger charge is 2.32. The van der Waals surface area contributed by atoms with E-state index < -0.39 is 6.03 Å². The van der Waals surface area contributed by atoms with Crippen molar-refractivity contribution in [2.24, 2.45) is 5.73 Å². The first kappa shape index (κ1) is 17.1. The lowest BCUT2D eigenvalue weighted by Crippen LogP contribution is -2.31. The molecule has 4 N–H and O–H groups in total. The third-order valence-electron chi connectivity index (χ3n) is 4.90. The molecule has 3 amide bonds. The number of rotatable bonds is 4. The minimum Gasteiger partial charge on any atom is -0.352 e. The number of carbonyl (C=O) groups is 2. The van der Waals surface area contributed by atoms with Crippen LogP contribution in [0.2, 0.25) is 0 Å². The van der Waals surface area contributed by atoms with Crippen LogP contribution >= 0.6 is 0 Å². The molecule has 1 aliphatic rings. The molecule has 1 saturated heterocycles. The first-order chi connectivity index (χ1) is 13.1. The molecule has 7 heteroatoms. The summed E-state index contributed by atoms with van der Waals surface area (Å²) in [7, 11) is 0. The normalized spacial score (nSPS) is 16.6. The average molecular weight is 363 g/mol. The monoisotopic (exact) mass is 363 g/mol. The molecule has 0 radical (unpaired) electrons. The number of imidazole rings is 1. The Morgan fingerprint density at radius 1 is 1.19 bits per heavy atom. The number of amides is 3. The molecule has 0 bridgehead atoms. The van der Waals surface area contributed by atoms with Crippen LogP contribution in [0.25, 0.3) is 11.0 Å². The van der Waals surface area contributed by atoms with Crippen LogP contribution in [0.4, 0.5) is 4.79 Å². The van der Waals surface area contributed by atoms with E-state index in [9.17, 15) is 9.59 Å². The number of urea groups is 1. The summed E-state index contributed by atoms with van der Waals surface area (Å²) in [6.45, 7) is 1.06. The van der Waals surface area contributed by atoms with Crippen LogP contribution in [-0.4, -0.2) is 33.4 Å². The Morgan fingerprint density at radius 3 is 2.70 bits per heavy atom. The van der Waals surface area contributed by atoms with Crippen molar-refractivity contribution >= 4 is 23.0 Å². The summed E-state index contributed by atoms with van der Waals surface area (Å²) in [5.74, 6) is 0.830. The van der Waals surface area contributed by atoms with Crippen molar-refractivity contribution in [2.75, 3.05) is 6.54 Å². The molecule has 0 spiro atoms. The first-order valence-electron chi connectivity index (χ1n) is 8.99. The number of para-hydroxylation sites is 2. The van der Waals surface area contributed by atoms with Gasteiger partial charge in [-0.3, -0.25) is 4.79 Å². The van der Waals surface area contributed by atoms with Gasteiger partial charge in [-0.15, -0.1) is 0 Å². The molecule has 1 unspecified atom stereocenters. The molecule has 7 nitrogen and oxygen atoms in total. The minimum atomic E-state index is -0.569. The number of aromatic nitrogens is 2. The van der Waals surface area contributed by atoms with Crippen molar-refractivity contribution in [3.8, 4) is 0 Å². The van der Waals surface area contributed by atoms with Crippen molar-refractivity contribution in [3.63, 3.8) is 0 Å². The fourth-order valence-electron chi connectivity index (χ4n) is 3.54. The van der Waals surface area contributed by atoms with Gasteiger partial charge in [-0.1, -0.05) is 24.3 Å². The number of fused-ring (bicyclic) bond motifs is 1. The Kier molecular flexibility index (Phi) is 4.50. The van der Waals surface area contributed by atoms with E-state index in [-0.39, 0.29) is 11.9 Å². The molecule has 0 saturated carbocycles. The smallest absolute Gasteiger partial charge is 0.312 e. The summed E-state index contributed by atoms with van der Waals surface area (Å²) >= 11 is 0. The van der Waals surface area contributed by atoms with Gasteiger partial charge in [0.15, 0.2) is 0 Å². The molecular formula is C20H21N5O2. The summed E-state index contributed by atoms with van der Waals surface area (Å²) in [5, 5.41) is 2.54. The predicted octanol–water partition coefficient (Wildman–Crippen LogP) is 2.71. The van der Waals surface area contributed by atoms with E-state index in [2.05, 4.69) is 15.3 Å². The van der Waals surface area contributed by atoms with Crippen LogP contribution in [0.5, 0.6) is 0 Å². The number of H-pyrrole nitrogens is 1. The second kappa shape index (κ2) is 7.11. The number of primary amides is 1. The van der Waals surface area contributed by atoms with Crippen molar-refractivity contribution in [3.05, 3.63) is 65.5 Å². The van der Waals surface area contributed by atoms with Gasteiger partial charge in [-0.05, 0) is 42.7 Å². The third-order valence-corrected chi connectivity index (χ3v) is 4.90. The van der Waals surface area contributed by atoms with Gasteiger partial charge >= 0.3 is 6.03 Å². The van der Waals surface area contributed by atoms with Crippen LogP contribution in [0.1, 0.15) is 40.6 Å². The highest BCUT2D eigenvalue weighted by Crippen LogP contribution is 2.32. The minimum absolute atomic E-state index is 0.00707. The predicted molar refractivity (Wildman–Crippen MR) is 102 cm³/mol. The van der Waals surface area contributed by atoms with Gasteiger partial charge in [0.1, 0.15) is 5.82 Å². The number of nitrogens with zero attached hydrogens (tertiary/aromatic N) is 2. The molecule has 2 heterocycles. The molecule has 4 rings (SSSR count). The quantitative estimate of drug-likeness (QED) is 0.664. The maximum absolute atomic E-state index is 13.0. The SMILES string of the molecule is NC(=O)NCc1ccc(C(=O)N2CCCC2c2nc3ccccc3[nH]2)cc1. The van der Waals surface area contributed by atoms with Gasteiger partial charge in [-0.2, -0.15) is 0 Å². The van der Waals surface area contributed by atoms with Gasteiger partial charge < -0.3 is 20.9 Å². The summed E-state index contributed by atoms with van der Waals surface area (Å²) in [4.78, 5) is 33.7. The molecule has 3 aromatic rings. The summed E-state index contributed by atoms with van der Waals surface area (Å²) in [5.41, 5.74) is 8.49. The number of hydrogen-bond donors (Lipinski definition) is 3. The zero-order valence-electron chi connectivity index (χ0n) is 14.8. The average Bonchev–Trinajstić information content (AvgIpc) is 3.32. The standard InChI is InChI=1S/C20H21N5O2/c21-20(27)22-12-13-7-9-14(10-8-13)19(26)25-11-3-6-17(25)18-23-15-4-1-2-5-16(15)24-18/h1-2,4-5,7-10,17H,3,6,11-12H2,(H,23,24)(H3,21,22,27). The Morgan fingerprint density at radius 2 is 1.96 bits per heavy atom. The summed E-state index contributed by atoms with van der Waals surface area (Å²) in [6.07, 6.45) is 1.85. The van der Waals surface area contributed by atoms with Crippen molar-refractivity contribution in [1.82, 2.24) is 20.2 Å². The van der Waals surface area contributed by atoms with E-state index in [1.165, 1.54) is 0 Å². The van der Waals surface area contributed by atoms with E-state index in [0.717, 1.165) is 35.3 Å². The largest absolute Gasteiger partial charge is 0.352 e. The number of carbonyl (C=O) groups excluding carboxylic acids is 2. The zero-order valence-corrected chi connectivity index (χ0v) is 14.8. The maximum atomic E-state index is 13.0. The highest BCUT2D eigenvalue weighted by atomic mass is 16.2. The van der Waals surface area contributed by atoms with Crippen molar-refractivity contribution in [1.29, 1.82) is 0 Å². The topological polar surface area (TPSA) is 104 Å². The van der Waals surface area contributed by atoms with Crippen LogP contribution in [0.15, 0.2) is 48.5 Å². The van der Waals surface area contributed by atoms with Crippen LogP contribution < -0.4 is 11.1 Å². The number of aromatic amines is 1. The lowest BCUT2D eigenvalue weighted by Gasteiger charge is -2.23. The Hall–Kier alpha value is -3.35. The fraction of sp³-hybridized carbons (Fsp3) is 0.250. The number of benzene rings is 2. The van der Waals surface area contributed by atoms with Crippen molar-refractivity contribution < 1.29 is 9.59 Å². The van der Waals surface area contributed by atoms with E-state index in [0.29, 0.717) is 18.7 Å².